The Kier molecular flexibility index (Phi) is 6.25. The molecule has 2 aromatic carbocycles. The number of carbonyl (C=O) groups excluding carboxylic acids is 1. The number of thiazole rings is 1. The van der Waals surface area contributed by atoms with Crippen molar-refractivity contribution >= 4 is 17.2 Å². The third-order valence-electron chi connectivity index (χ3n) is 5.42. The summed E-state index contributed by atoms with van der Waals surface area (Å²) in [6.45, 7) is 4.10. The number of amides is 1. The molecule has 1 aliphatic heterocycles. The van der Waals surface area contributed by atoms with Gasteiger partial charge in [-0.3, -0.25) is 4.79 Å². The van der Waals surface area contributed by atoms with E-state index in [2.05, 4.69) is 35.3 Å². The van der Waals surface area contributed by atoms with Crippen LogP contribution in [0.15, 0.2) is 60.0 Å². The van der Waals surface area contributed by atoms with Crippen LogP contribution in [0.2, 0.25) is 0 Å². The van der Waals surface area contributed by atoms with E-state index in [0.717, 1.165) is 54.4 Å². The van der Waals surface area contributed by atoms with Crippen LogP contribution in [-0.4, -0.2) is 28.9 Å². The Morgan fingerprint density at radius 3 is 2.48 bits per heavy atom. The van der Waals surface area contributed by atoms with E-state index >= 15 is 0 Å². The molecule has 150 valence electrons. The molecule has 1 aromatic heterocycles. The van der Waals surface area contributed by atoms with E-state index in [1.165, 1.54) is 5.56 Å². The zero-order valence-electron chi connectivity index (χ0n) is 16.7. The number of ether oxygens (including phenoxy) is 1. The molecule has 1 fully saturated rings. The molecule has 2 heterocycles. The third-order valence-corrected chi connectivity index (χ3v) is 6.25. The zero-order valence-corrected chi connectivity index (χ0v) is 17.5. The zero-order chi connectivity index (χ0) is 20.1. The van der Waals surface area contributed by atoms with E-state index in [9.17, 15) is 4.79 Å². The van der Waals surface area contributed by atoms with Gasteiger partial charge in [-0.2, -0.15) is 0 Å². The minimum absolute atomic E-state index is 0.116. The molecule has 1 amide bonds. The summed E-state index contributed by atoms with van der Waals surface area (Å²) in [6.07, 6.45) is 3.23. The van der Waals surface area contributed by atoms with Crippen LogP contribution in [0.3, 0.4) is 0 Å². The van der Waals surface area contributed by atoms with E-state index < -0.39 is 0 Å². The minimum Gasteiger partial charge on any atom is -0.487 e. The molecule has 3 aromatic rings. The maximum atomic E-state index is 12.8. The van der Waals surface area contributed by atoms with Crippen LogP contribution in [0.1, 0.15) is 39.5 Å². The van der Waals surface area contributed by atoms with Crippen LogP contribution in [-0.2, 0) is 13.0 Å². The number of carbonyl (C=O) groups is 1. The number of benzene rings is 2. The predicted octanol–water partition coefficient (Wildman–Crippen LogP) is 5.13. The van der Waals surface area contributed by atoms with Crippen LogP contribution in [0.4, 0.5) is 0 Å². The maximum Gasteiger partial charge on any atom is 0.253 e. The van der Waals surface area contributed by atoms with Crippen LogP contribution in [0, 0.1) is 12.8 Å². The van der Waals surface area contributed by atoms with Crippen molar-refractivity contribution in [3.05, 3.63) is 81.8 Å². The van der Waals surface area contributed by atoms with E-state index in [0.29, 0.717) is 12.5 Å². The van der Waals surface area contributed by atoms with Gasteiger partial charge in [-0.05, 0) is 61.9 Å². The molecular formula is C24H26N2O2S. The van der Waals surface area contributed by atoms with Crippen LogP contribution < -0.4 is 4.74 Å². The molecule has 1 saturated heterocycles. The fourth-order valence-corrected chi connectivity index (χ4v) is 4.39. The van der Waals surface area contributed by atoms with E-state index in [1.807, 2.05) is 41.5 Å². The van der Waals surface area contributed by atoms with Crippen LogP contribution >= 0.6 is 11.3 Å². The second-order valence-electron chi connectivity index (χ2n) is 7.60. The number of rotatable bonds is 6. The first-order valence-corrected chi connectivity index (χ1v) is 11.0. The Bertz CT molecular complexity index is 929. The molecule has 0 spiro atoms. The summed E-state index contributed by atoms with van der Waals surface area (Å²) < 4.78 is 5.78. The van der Waals surface area contributed by atoms with Crippen molar-refractivity contribution in [2.24, 2.45) is 5.92 Å². The highest BCUT2D eigenvalue weighted by atomic mass is 32.1. The number of hydrogen-bond acceptors (Lipinski definition) is 4. The van der Waals surface area contributed by atoms with Crippen molar-refractivity contribution in [3.63, 3.8) is 0 Å². The van der Waals surface area contributed by atoms with Gasteiger partial charge in [0.15, 0.2) is 0 Å². The minimum atomic E-state index is 0.116. The molecule has 5 heteroatoms. The number of likely N-dealkylation sites (tertiary alicyclic amines) is 1. The second-order valence-corrected chi connectivity index (χ2v) is 8.66. The van der Waals surface area contributed by atoms with E-state index in [1.54, 1.807) is 11.3 Å². The summed E-state index contributed by atoms with van der Waals surface area (Å²) in [4.78, 5) is 19.2. The lowest BCUT2D eigenvalue weighted by molar-refractivity contribution is 0.0690. The molecule has 0 saturated carbocycles. The molecule has 0 unspecified atom stereocenters. The summed E-state index contributed by atoms with van der Waals surface area (Å²) in [6, 6.07) is 18.1. The van der Waals surface area contributed by atoms with Gasteiger partial charge in [-0.15, -0.1) is 11.3 Å². The van der Waals surface area contributed by atoms with Crippen molar-refractivity contribution in [3.8, 4) is 5.75 Å². The molecule has 29 heavy (non-hydrogen) atoms. The normalized spacial score (nSPS) is 14.7. The third kappa shape index (κ3) is 5.24. The summed E-state index contributed by atoms with van der Waals surface area (Å²) in [5.74, 6) is 1.53. The Morgan fingerprint density at radius 2 is 1.83 bits per heavy atom. The van der Waals surface area contributed by atoms with Crippen molar-refractivity contribution in [2.75, 3.05) is 13.1 Å². The summed E-state index contributed by atoms with van der Waals surface area (Å²) in [7, 11) is 0. The van der Waals surface area contributed by atoms with Gasteiger partial charge in [0.05, 0.1) is 10.7 Å². The lowest BCUT2D eigenvalue weighted by atomic mass is 9.90. The summed E-state index contributed by atoms with van der Waals surface area (Å²) in [5, 5.41) is 3.05. The van der Waals surface area contributed by atoms with Crippen molar-refractivity contribution in [1.29, 1.82) is 0 Å². The SMILES string of the molecule is Cc1nc(COc2ccc(C(=O)N3CCC(Cc4ccccc4)CC3)cc2)cs1. The Balaban J connectivity index is 1.27. The Hall–Kier alpha value is -2.66. The Morgan fingerprint density at radius 1 is 1.10 bits per heavy atom. The van der Waals surface area contributed by atoms with Gasteiger partial charge in [0, 0.05) is 24.0 Å². The van der Waals surface area contributed by atoms with Crippen molar-refractivity contribution in [1.82, 2.24) is 9.88 Å². The smallest absolute Gasteiger partial charge is 0.253 e. The predicted molar refractivity (Wildman–Crippen MR) is 116 cm³/mol. The highest BCUT2D eigenvalue weighted by molar-refractivity contribution is 7.09. The number of piperidine rings is 1. The first kappa shape index (κ1) is 19.6. The number of aryl methyl sites for hydroxylation is 1. The first-order chi connectivity index (χ1) is 14.2. The van der Waals surface area contributed by atoms with Gasteiger partial charge >= 0.3 is 0 Å². The molecule has 0 bridgehead atoms. The highest BCUT2D eigenvalue weighted by Crippen LogP contribution is 2.23. The van der Waals surface area contributed by atoms with Gasteiger partial charge in [-0.25, -0.2) is 4.98 Å². The standard InChI is InChI=1S/C24H26N2O2S/c1-18-25-22(17-29-18)16-28-23-9-7-21(8-10-23)24(27)26-13-11-20(12-14-26)15-19-5-3-2-4-6-19/h2-10,17,20H,11-16H2,1H3. The molecule has 4 rings (SSSR count). The van der Waals surface area contributed by atoms with Gasteiger partial charge in [-0.1, -0.05) is 30.3 Å². The largest absolute Gasteiger partial charge is 0.487 e. The number of aromatic nitrogens is 1. The molecular weight excluding hydrogens is 380 g/mol. The van der Waals surface area contributed by atoms with Gasteiger partial charge in [0.25, 0.3) is 5.91 Å². The molecule has 0 N–H and O–H groups in total. The van der Waals surface area contributed by atoms with Crippen molar-refractivity contribution in [2.45, 2.75) is 32.8 Å². The quantitative estimate of drug-likeness (QED) is 0.570. The lowest BCUT2D eigenvalue weighted by Crippen LogP contribution is -2.38. The average Bonchev–Trinajstić information content (AvgIpc) is 3.19. The van der Waals surface area contributed by atoms with Crippen LogP contribution in [0.5, 0.6) is 5.75 Å². The molecule has 0 radical (unpaired) electrons. The topological polar surface area (TPSA) is 42.4 Å². The lowest BCUT2D eigenvalue weighted by Gasteiger charge is -2.32. The van der Waals surface area contributed by atoms with Gasteiger partial charge in [0.2, 0.25) is 0 Å². The highest BCUT2D eigenvalue weighted by Gasteiger charge is 2.23. The first-order valence-electron chi connectivity index (χ1n) is 10.1. The van der Waals surface area contributed by atoms with E-state index in [-0.39, 0.29) is 5.91 Å². The fourth-order valence-electron chi connectivity index (χ4n) is 3.80. The molecule has 0 aliphatic carbocycles. The molecule has 0 atom stereocenters. The van der Waals surface area contributed by atoms with Crippen LogP contribution in [0.25, 0.3) is 0 Å². The number of nitrogens with zero attached hydrogens (tertiary/aromatic N) is 2. The van der Waals surface area contributed by atoms with Gasteiger partial charge < -0.3 is 9.64 Å². The average molecular weight is 407 g/mol. The maximum absolute atomic E-state index is 12.8. The second kappa shape index (κ2) is 9.23. The molecule has 4 nitrogen and oxygen atoms in total. The van der Waals surface area contributed by atoms with E-state index in [4.69, 9.17) is 4.74 Å². The van der Waals surface area contributed by atoms with Crippen molar-refractivity contribution < 1.29 is 9.53 Å². The Labute approximate surface area is 176 Å². The summed E-state index contributed by atoms with van der Waals surface area (Å²) in [5.41, 5.74) is 3.05. The number of hydrogen-bond donors (Lipinski definition) is 0. The summed E-state index contributed by atoms with van der Waals surface area (Å²) >= 11 is 1.62. The fraction of sp³-hybridized carbons (Fsp3) is 0.333. The van der Waals surface area contributed by atoms with Gasteiger partial charge in [0.1, 0.15) is 12.4 Å². The molecule has 1 aliphatic rings. The monoisotopic (exact) mass is 406 g/mol.